The lowest BCUT2D eigenvalue weighted by atomic mass is 10.00. The Labute approximate surface area is 119 Å². The quantitative estimate of drug-likeness (QED) is 0.891. The highest BCUT2D eigenvalue weighted by molar-refractivity contribution is 9.10. The highest BCUT2D eigenvalue weighted by Crippen LogP contribution is 2.24. The summed E-state index contributed by atoms with van der Waals surface area (Å²) in [5, 5.41) is 10.1. The van der Waals surface area contributed by atoms with Gasteiger partial charge in [0.1, 0.15) is 11.6 Å². The third-order valence-electron chi connectivity index (χ3n) is 3.00. The Bertz CT molecular complexity index is 599. The molecule has 0 spiro atoms. The zero-order valence-corrected chi connectivity index (χ0v) is 11.9. The number of halogens is 3. The van der Waals surface area contributed by atoms with Gasteiger partial charge in [0.15, 0.2) is 0 Å². The van der Waals surface area contributed by atoms with Crippen LogP contribution in [0, 0.1) is 18.6 Å². The van der Waals surface area contributed by atoms with Gasteiger partial charge in [0.05, 0.1) is 6.10 Å². The molecule has 0 aliphatic heterocycles. The lowest BCUT2D eigenvalue weighted by Crippen LogP contribution is -2.04. The summed E-state index contributed by atoms with van der Waals surface area (Å²) < 4.78 is 27.3. The zero-order valence-electron chi connectivity index (χ0n) is 10.3. The van der Waals surface area contributed by atoms with Crippen LogP contribution in [0.2, 0.25) is 0 Å². The first kappa shape index (κ1) is 14.2. The van der Waals surface area contributed by atoms with Gasteiger partial charge in [-0.2, -0.15) is 0 Å². The SMILES string of the molecule is Cc1cc(C(O)Cc2ccc(F)cc2F)ccc1Br. The lowest BCUT2D eigenvalue weighted by molar-refractivity contribution is 0.177. The summed E-state index contributed by atoms with van der Waals surface area (Å²) in [4.78, 5) is 0. The summed E-state index contributed by atoms with van der Waals surface area (Å²) >= 11 is 3.38. The predicted octanol–water partition coefficient (Wildman–Crippen LogP) is 4.31. The fraction of sp³-hybridized carbons (Fsp3) is 0.200. The maximum absolute atomic E-state index is 13.5. The zero-order chi connectivity index (χ0) is 14.0. The molecule has 2 aromatic rings. The monoisotopic (exact) mass is 326 g/mol. The number of hydrogen-bond donors (Lipinski definition) is 1. The topological polar surface area (TPSA) is 20.2 Å². The molecule has 1 unspecified atom stereocenters. The molecule has 2 aromatic carbocycles. The summed E-state index contributed by atoms with van der Waals surface area (Å²) in [5.41, 5.74) is 2.01. The van der Waals surface area contributed by atoms with E-state index in [1.807, 2.05) is 19.1 Å². The standard InChI is InChI=1S/C15H13BrF2O/c1-9-6-11(3-5-13(9)16)15(19)7-10-2-4-12(17)8-14(10)18/h2-6,8,15,19H,7H2,1H3. The van der Waals surface area contributed by atoms with Crippen LogP contribution in [0.5, 0.6) is 0 Å². The molecule has 4 heteroatoms. The van der Waals surface area contributed by atoms with Crippen LogP contribution in [0.4, 0.5) is 8.78 Å². The van der Waals surface area contributed by atoms with Gasteiger partial charge in [0.2, 0.25) is 0 Å². The van der Waals surface area contributed by atoms with Crippen LogP contribution in [0.25, 0.3) is 0 Å². The molecule has 0 fully saturated rings. The van der Waals surface area contributed by atoms with E-state index in [0.717, 1.165) is 16.1 Å². The molecular weight excluding hydrogens is 314 g/mol. The fourth-order valence-corrected chi connectivity index (χ4v) is 2.14. The summed E-state index contributed by atoms with van der Waals surface area (Å²) in [5.74, 6) is -1.25. The van der Waals surface area contributed by atoms with E-state index in [1.165, 1.54) is 12.1 Å². The molecule has 0 amide bonds. The second kappa shape index (κ2) is 5.80. The average molecular weight is 327 g/mol. The van der Waals surface area contributed by atoms with Crippen molar-refractivity contribution in [1.29, 1.82) is 0 Å². The van der Waals surface area contributed by atoms with Crippen LogP contribution in [-0.4, -0.2) is 5.11 Å². The minimum absolute atomic E-state index is 0.118. The molecule has 1 N–H and O–H groups in total. The van der Waals surface area contributed by atoms with E-state index < -0.39 is 17.7 Å². The number of benzene rings is 2. The van der Waals surface area contributed by atoms with E-state index in [-0.39, 0.29) is 6.42 Å². The van der Waals surface area contributed by atoms with Crippen LogP contribution in [0.15, 0.2) is 40.9 Å². The van der Waals surface area contributed by atoms with E-state index in [9.17, 15) is 13.9 Å². The first-order chi connectivity index (χ1) is 8.97. The van der Waals surface area contributed by atoms with Crippen molar-refractivity contribution in [3.8, 4) is 0 Å². The molecule has 1 atom stereocenters. The van der Waals surface area contributed by atoms with Crippen molar-refractivity contribution >= 4 is 15.9 Å². The smallest absolute Gasteiger partial charge is 0.129 e. The normalized spacial score (nSPS) is 12.5. The van der Waals surface area contributed by atoms with Crippen LogP contribution in [0.1, 0.15) is 22.8 Å². The van der Waals surface area contributed by atoms with Crippen molar-refractivity contribution in [3.05, 3.63) is 69.2 Å². The Kier molecular flexibility index (Phi) is 4.32. The molecule has 0 aliphatic rings. The van der Waals surface area contributed by atoms with Gasteiger partial charge in [0.25, 0.3) is 0 Å². The first-order valence-corrected chi connectivity index (χ1v) is 6.64. The maximum atomic E-state index is 13.5. The summed E-state index contributed by atoms with van der Waals surface area (Å²) in [7, 11) is 0. The second-order valence-corrected chi connectivity index (χ2v) is 5.32. The molecular formula is C15H13BrF2O. The van der Waals surface area contributed by atoms with Crippen LogP contribution in [0.3, 0.4) is 0 Å². The molecule has 0 aliphatic carbocycles. The van der Waals surface area contributed by atoms with E-state index in [1.54, 1.807) is 6.07 Å². The van der Waals surface area contributed by atoms with E-state index in [4.69, 9.17) is 0 Å². The molecule has 0 radical (unpaired) electrons. The first-order valence-electron chi connectivity index (χ1n) is 5.85. The largest absolute Gasteiger partial charge is 0.388 e. The highest BCUT2D eigenvalue weighted by atomic mass is 79.9. The van der Waals surface area contributed by atoms with Crippen molar-refractivity contribution < 1.29 is 13.9 Å². The van der Waals surface area contributed by atoms with Gasteiger partial charge in [0, 0.05) is 17.0 Å². The number of aryl methyl sites for hydroxylation is 1. The highest BCUT2D eigenvalue weighted by Gasteiger charge is 2.13. The minimum atomic E-state index is -0.813. The number of rotatable bonds is 3. The molecule has 0 saturated heterocycles. The van der Waals surface area contributed by atoms with Gasteiger partial charge in [-0.3, -0.25) is 0 Å². The third-order valence-corrected chi connectivity index (χ3v) is 3.88. The Morgan fingerprint density at radius 2 is 1.89 bits per heavy atom. The van der Waals surface area contributed by atoms with Crippen molar-refractivity contribution in [2.24, 2.45) is 0 Å². The van der Waals surface area contributed by atoms with Crippen LogP contribution < -0.4 is 0 Å². The molecule has 0 saturated carbocycles. The van der Waals surface area contributed by atoms with Gasteiger partial charge in [-0.15, -0.1) is 0 Å². The molecule has 19 heavy (non-hydrogen) atoms. The van der Waals surface area contributed by atoms with Crippen molar-refractivity contribution in [1.82, 2.24) is 0 Å². The number of aliphatic hydroxyl groups excluding tert-OH is 1. The molecule has 0 heterocycles. The molecule has 0 bridgehead atoms. The Morgan fingerprint density at radius 3 is 2.53 bits per heavy atom. The average Bonchev–Trinajstić information content (AvgIpc) is 2.36. The minimum Gasteiger partial charge on any atom is -0.388 e. The third kappa shape index (κ3) is 3.39. The van der Waals surface area contributed by atoms with E-state index in [2.05, 4.69) is 15.9 Å². The number of hydrogen-bond acceptors (Lipinski definition) is 1. The Hall–Kier alpha value is -1.26. The van der Waals surface area contributed by atoms with Crippen LogP contribution >= 0.6 is 15.9 Å². The summed E-state index contributed by atoms with van der Waals surface area (Å²) in [6.07, 6.45) is -0.695. The van der Waals surface area contributed by atoms with Crippen LogP contribution in [-0.2, 0) is 6.42 Å². The fourth-order valence-electron chi connectivity index (χ4n) is 1.89. The predicted molar refractivity (Wildman–Crippen MR) is 73.9 cm³/mol. The van der Waals surface area contributed by atoms with Gasteiger partial charge in [-0.25, -0.2) is 8.78 Å². The number of aliphatic hydroxyl groups is 1. The Morgan fingerprint density at radius 1 is 1.16 bits per heavy atom. The molecule has 0 aromatic heterocycles. The lowest BCUT2D eigenvalue weighted by Gasteiger charge is -2.13. The summed E-state index contributed by atoms with van der Waals surface area (Å²) in [6, 6.07) is 8.85. The Balaban J connectivity index is 2.20. The second-order valence-electron chi connectivity index (χ2n) is 4.46. The van der Waals surface area contributed by atoms with Gasteiger partial charge in [-0.05, 0) is 35.7 Å². The molecule has 100 valence electrons. The molecule has 1 nitrogen and oxygen atoms in total. The summed E-state index contributed by atoms with van der Waals surface area (Å²) in [6.45, 7) is 1.92. The van der Waals surface area contributed by atoms with Crippen molar-refractivity contribution in [2.45, 2.75) is 19.4 Å². The van der Waals surface area contributed by atoms with Gasteiger partial charge >= 0.3 is 0 Å². The van der Waals surface area contributed by atoms with Crippen molar-refractivity contribution in [2.75, 3.05) is 0 Å². The van der Waals surface area contributed by atoms with Gasteiger partial charge in [-0.1, -0.05) is 34.1 Å². The van der Waals surface area contributed by atoms with E-state index >= 15 is 0 Å². The molecule has 2 rings (SSSR count). The van der Waals surface area contributed by atoms with E-state index in [0.29, 0.717) is 11.1 Å². The maximum Gasteiger partial charge on any atom is 0.129 e. The van der Waals surface area contributed by atoms with Crippen molar-refractivity contribution in [3.63, 3.8) is 0 Å². The van der Waals surface area contributed by atoms with Gasteiger partial charge < -0.3 is 5.11 Å².